The lowest BCUT2D eigenvalue weighted by atomic mass is 10.1. The van der Waals surface area contributed by atoms with Crippen LogP contribution in [0.4, 0.5) is 13.2 Å². The normalized spacial score (nSPS) is 18.8. The van der Waals surface area contributed by atoms with Crippen molar-refractivity contribution in [2.45, 2.75) is 19.5 Å². The van der Waals surface area contributed by atoms with Crippen LogP contribution in [0.3, 0.4) is 0 Å². The Labute approximate surface area is 105 Å². The van der Waals surface area contributed by atoms with E-state index >= 15 is 0 Å². The molecule has 0 saturated heterocycles. The SMILES string of the molecule is CCNCCS(=O)(=O)N1CC=C(C(F)(F)F)CC1. The van der Waals surface area contributed by atoms with Crippen LogP contribution < -0.4 is 5.32 Å². The molecule has 0 amide bonds. The van der Waals surface area contributed by atoms with Crippen molar-refractivity contribution in [2.75, 3.05) is 31.9 Å². The Morgan fingerprint density at radius 2 is 2.11 bits per heavy atom. The molecule has 0 saturated carbocycles. The van der Waals surface area contributed by atoms with Gasteiger partial charge >= 0.3 is 6.18 Å². The van der Waals surface area contributed by atoms with Gasteiger partial charge in [0.25, 0.3) is 0 Å². The molecule has 0 atom stereocenters. The van der Waals surface area contributed by atoms with Crippen LogP contribution in [0.25, 0.3) is 0 Å². The predicted octanol–water partition coefficient (Wildman–Crippen LogP) is 1.12. The minimum Gasteiger partial charge on any atom is -0.316 e. The van der Waals surface area contributed by atoms with Gasteiger partial charge in [0, 0.05) is 25.2 Å². The highest BCUT2D eigenvalue weighted by atomic mass is 32.2. The van der Waals surface area contributed by atoms with Gasteiger partial charge in [-0.2, -0.15) is 17.5 Å². The third-order valence-corrected chi connectivity index (χ3v) is 4.55. The Bertz CT molecular complexity index is 404. The van der Waals surface area contributed by atoms with E-state index in [1.807, 2.05) is 6.92 Å². The zero-order valence-electron chi connectivity index (χ0n) is 10.1. The van der Waals surface area contributed by atoms with Gasteiger partial charge in [-0.1, -0.05) is 13.0 Å². The number of rotatable bonds is 5. The molecule has 0 aromatic carbocycles. The highest BCUT2D eigenvalue weighted by molar-refractivity contribution is 7.89. The molecule has 4 nitrogen and oxygen atoms in total. The monoisotopic (exact) mass is 286 g/mol. The molecule has 0 bridgehead atoms. The molecule has 1 aliphatic heterocycles. The summed E-state index contributed by atoms with van der Waals surface area (Å²) >= 11 is 0. The van der Waals surface area contributed by atoms with Crippen LogP contribution in [0.15, 0.2) is 11.6 Å². The highest BCUT2D eigenvalue weighted by Gasteiger charge is 2.36. The van der Waals surface area contributed by atoms with Gasteiger partial charge in [-0.3, -0.25) is 0 Å². The first kappa shape index (κ1) is 15.5. The number of alkyl halides is 3. The Hall–Kier alpha value is -0.600. The molecule has 0 radical (unpaired) electrons. The second-order valence-corrected chi connectivity index (χ2v) is 6.09. The predicted molar refractivity (Wildman–Crippen MR) is 62.7 cm³/mol. The molecule has 0 fully saturated rings. The minimum absolute atomic E-state index is 0.0873. The lowest BCUT2D eigenvalue weighted by Crippen LogP contribution is -2.40. The van der Waals surface area contributed by atoms with Crippen LogP contribution in [0, 0.1) is 0 Å². The summed E-state index contributed by atoms with van der Waals surface area (Å²) in [5.74, 6) is -0.0873. The number of halogens is 3. The van der Waals surface area contributed by atoms with E-state index in [2.05, 4.69) is 5.32 Å². The van der Waals surface area contributed by atoms with Crippen LogP contribution >= 0.6 is 0 Å². The quantitative estimate of drug-likeness (QED) is 0.608. The molecule has 0 unspecified atom stereocenters. The van der Waals surface area contributed by atoms with Crippen molar-refractivity contribution in [1.82, 2.24) is 9.62 Å². The van der Waals surface area contributed by atoms with Crippen molar-refractivity contribution in [2.24, 2.45) is 0 Å². The first-order valence-electron chi connectivity index (χ1n) is 5.72. The maximum Gasteiger partial charge on any atom is 0.412 e. The van der Waals surface area contributed by atoms with Gasteiger partial charge in [-0.15, -0.1) is 0 Å². The summed E-state index contributed by atoms with van der Waals surface area (Å²) in [4.78, 5) is 0. The zero-order chi connectivity index (χ0) is 13.8. The van der Waals surface area contributed by atoms with Gasteiger partial charge in [0.15, 0.2) is 0 Å². The maximum atomic E-state index is 12.4. The topological polar surface area (TPSA) is 49.4 Å². The van der Waals surface area contributed by atoms with Gasteiger partial charge in [-0.25, -0.2) is 8.42 Å². The van der Waals surface area contributed by atoms with Gasteiger partial charge in [0.05, 0.1) is 5.75 Å². The molecule has 18 heavy (non-hydrogen) atoms. The van der Waals surface area contributed by atoms with E-state index in [1.54, 1.807) is 0 Å². The molecule has 0 spiro atoms. The first-order chi connectivity index (χ1) is 8.27. The molecular weight excluding hydrogens is 269 g/mol. The average Bonchev–Trinajstić information content (AvgIpc) is 2.28. The Morgan fingerprint density at radius 1 is 1.44 bits per heavy atom. The molecule has 0 aromatic heterocycles. The van der Waals surface area contributed by atoms with E-state index in [4.69, 9.17) is 0 Å². The lowest BCUT2D eigenvalue weighted by molar-refractivity contribution is -0.0953. The van der Waals surface area contributed by atoms with Gasteiger partial charge in [-0.05, 0) is 13.0 Å². The average molecular weight is 286 g/mol. The standard InChI is InChI=1S/C10H17F3N2O2S/c1-2-14-5-8-18(16,17)15-6-3-9(4-7-15)10(11,12)13/h3,14H,2,4-8H2,1H3. The van der Waals surface area contributed by atoms with E-state index in [-0.39, 0.29) is 25.3 Å². The molecular formula is C10H17F3N2O2S. The van der Waals surface area contributed by atoms with Crippen LogP contribution in [-0.2, 0) is 10.0 Å². The van der Waals surface area contributed by atoms with Gasteiger partial charge < -0.3 is 5.32 Å². The summed E-state index contributed by atoms with van der Waals surface area (Å²) in [6.45, 7) is 2.54. The Kier molecular flexibility index (Phi) is 5.18. The van der Waals surface area contributed by atoms with Crippen LogP contribution in [0.5, 0.6) is 0 Å². The van der Waals surface area contributed by atoms with E-state index < -0.39 is 21.8 Å². The molecule has 0 aromatic rings. The number of nitrogens with one attached hydrogen (secondary N) is 1. The molecule has 1 heterocycles. The number of sulfonamides is 1. The lowest BCUT2D eigenvalue weighted by Gasteiger charge is -2.26. The maximum absolute atomic E-state index is 12.4. The molecule has 8 heteroatoms. The minimum atomic E-state index is -4.35. The first-order valence-corrected chi connectivity index (χ1v) is 7.33. The number of nitrogens with zero attached hydrogens (tertiary/aromatic N) is 1. The fourth-order valence-electron chi connectivity index (χ4n) is 1.67. The number of hydrogen-bond acceptors (Lipinski definition) is 3. The number of hydrogen-bond donors (Lipinski definition) is 1. The van der Waals surface area contributed by atoms with Crippen LogP contribution in [0.1, 0.15) is 13.3 Å². The van der Waals surface area contributed by atoms with E-state index in [0.29, 0.717) is 13.1 Å². The smallest absolute Gasteiger partial charge is 0.316 e. The highest BCUT2D eigenvalue weighted by Crippen LogP contribution is 2.30. The zero-order valence-corrected chi connectivity index (χ0v) is 10.9. The van der Waals surface area contributed by atoms with E-state index in [9.17, 15) is 21.6 Å². The third-order valence-electron chi connectivity index (χ3n) is 2.72. The summed E-state index contributed by atoms with van der Waals surface area (Å²) < 4.78 is 61.8. The molecule has 0 aliphatic carbocycles. The van der Waals surface area contributed by atoms with Crippen molar-refractivity contribution < 1.29 is 21.6 Å². The van der Waals surface area contributed by atoms with Crippen molar-refractivity contribution in [3.05, 3.63) is 11.6 Å². The van der Waals surface area contributed by atoms with Crippen molar-refractivity contribution in [3.63, 3.8) is 0 Å². The summed E-state index contributed by atoms with van der Waals surface area (Å²) in [6, 6.07) is 0. The summed E-state index contributed by atoms with van der Waals surface area (Å²) in [5, 5.41) is 2.88. The van der Waals surface area contributed by atoms with E-state index in [0.717, 1.165) is 10.4 Å². The van der Waals surface area contributed by atoms with Crippen molar-refractivity contribution in [1.29, 1.82) is 0 Å². The van der Waals surface area contributed by atoms with Gasteiger partial charge in [0.2, 0.25) is 10.0 Å². The molecule has 106 valence electrons. The van der Waals surface area contributed by atoms with Crippen molar-refractivity contribution >= 4 is 10.0 Å². The fourth-order valence-corrected chi connectivity index (χ4v) is 3.00. The summed E-state index contributed by atoms with van der Waals surface area (Å²) in [5.41, 5.74) is -0.638. The van der Waals surface area contributed by atoms with Crippen molar-refractivity contribution in [3.8, 4) is 0 Å². The Balaban J connectivity index is 2.59. The van der Waals surface area contributed by atoms with E-state index in [1.165, 1.54) is 0 Å². The summed E-state index contributed by atoms with van der Waals surface area (Å²) in [6.07, 6.45) is -3.67. The largest absolute Gasteiger partial charge is 0.412 e. The molecule has 1 N–H and O–H groups in total. The summed E-state index contributed by atoms with van der Waals surface area (Å²) in [7, 11) is -3.47. The fraction of sp³-hybridized carbons (Fsp3) is 0.800. The molecule has 1 rings (SSSR count). The second kappa shape index (κ2) is 6.03. The Morgan fingerprint density at radius 3 is 2.56 bits per heavy atom. The van der Waals surface area contributed by atoms with Crippen LogP contribution in [0.2, 0.25) is 0 Å². The third kappa shape index (κ3) is 4.25. The van der Waals surface area contributed by atoms with Crippen LogP contribution in [-0.4, -0.2) is 50.8 Å². The molecule has 1 aliphatic rings. The second-order valence-electron chi connectivity index (χ2n) is 4.00. The van der Waals surface area contributed by atoms with Gasteiger partial charge in [0.1, 0.15) is 0 Å².